The van der Waals surface area contributed by atoms with Gasteiger partial charge in [0.05, 0.1) is 15.9 Å². The van der Waals surface area contributed by atoms with Crippen molar-refractivity contribution >= 4 is 28.3 Å². The molecule has 0 fully saturated rings. The number of aromatic nitrogens is 2. The average Bonchev–Trinajstić information content (AvgIpc) is 2.72. The smallest absolute Gasteiger partial charge is 0.0739 e. The van der Waals surface area contributed by atoms with Gasteiger partial charge in [0.25, 0.3) is 0 Å². The van der Waals surface area contributed by atoms with Gasteiger partial charge in [0.15, 0.2) is 0 Å². The summed E-state index contributed by atoms with van der Waals surface area (Å²) in [6, 6.07) is 10.6. The minimum atomic E-state index is 0. The van der Waals surface area contributed by atoms with Gasteiger partial charge in [-0.3, -0.25) is 9.58 Å². The molecule has 122 valence electrons. The van der Waals surface area contributed by atoms with E-state index in [-0.39, 0.29) is 12.4 Å². The maximum absolute atomic E-state index is 5.76. The van der Waals surface area contributed by atoms with Gasteiger partial charge in [-0.25, -0.2) is 0 Å². The Morgan fingerprint density at radius 3 is 2.45 bits per heavy atom. The molecule has 2 N–H and O–H groups in total. The molecule has 0 saturated carbocycles. The highest BCUT2D eigenvalue weighted by molar-refractivity contribution is 9.10. The normalized spacial score (nSPS) is 10.8. The van der Waals surface area contributed by atoms with Crippen LogP contribution in [0, 0.1) is 6.92 Å². The molecule has 0 unspecified atom stereocenters. The Kier molecular flexibility index (Phi) is 8.10. The van der Waals surface area contributed by atoms with Crippen LogP contribution in [-0.4, -0.2) is 34.3 Å². The number of benzene rings is 1. The molecule has 1 heterocycles. The zero-order valence-corrected chi connectivity index (χ0v) is 15.5. The van der Waals surface area contributed by atoms with E-state index in [4.69, 9.17) is 5.73 Å². The Hall–Kier alpha value is -0.880. The number of nitrogens with two attached hydrogens (primary N) is 1. The van der Waals surface area contributed by atoms with E-state index in [1.165, 1.54) is 11.3 Å². The highest BCUT2D eigenvalue weighted by Gasteiger charge is 2.14. The van der Waals surface area contributed by atoms with Gasteiger partial charge in [-0.1, -0.05) is 30.3 Å². The van der Waals surface area contributed by atoms with Crippen molar-refractivity contribution in [1.82, 2.24) is 14.7 Å². The van der Waals surface area contributed by atoms with Gasteiger partial charge in [-0.05, 0) is 34.8 Å². The van der Waals surface area contributed by atoms with Crippen LogP contribution in [-0.2, 0) is 20.0 Å². The fourth-order valence-electron chi connectivity index (χ4n) is 2.45. The highest BCUT2D eigenvalue weighted by atomic mass is 79.9. The highest BCUT2D eigenvalue weighted by Crippen LogP contribution is 2.21. The van der Waals surface area contributed by atoms with Crippen LogP contribution >= 0.6 is 28.3 Å². The maximum atomic E-state index is 5.76. The van der Waals surface area contributed by atoms with Crippen LogP contribution in [0.2, 0.25) is 0 Å². The predicted octanol–water partition coefficient (Wildman–Crippen LogP) is 2.92. The van der Waals surface area contributed by atoms with Gasteiger partial charge in [0.1, 0.15) is 0 Å². The third-order valence-corrected chi connectivity index (χ3v) is 4.67. The molecule has 0 aliphatic carbocycles. The molecule has 0 bridgehead atoms. The van der Waals surface area contributed by atoms with Gasteiger partial charge in [0, 0.05) is 33.2 Å². The Labute approximate surface area is 147 Å². The molecule has 0 saturated heterocycles. The first-order chi connectivity index (χ1) is 10.1. The molecule has 2 rings (SSSR count). The lowest BCUT2D eigenvalue weighted by Crippen LogP contribution is -2.31. The monoisotopic (exact) mass is 386 g/mol. The van der Waals surface area contributed by atoms with Crippen molar-refractivity contribution in [2.45, 2.75) is 19.9 Å². The van der Waals surface area contributed by atoms with E-state index in [1.54, 1.807) is 0 Å². The van der Waals surface area contributed by atoms with Crippen LogP contribution in [0.15, 0.2) is 34.8 Å². The molecule has 0 atom stereocenters. The molecule has 2 aromatic rings. The number of rotatable bonds is 7. The standard InChI is InChI=1S/C16H23BrN4.ClH/c1-13-16(17)15(20(2)19-13)12-21(11-9-18)10-8-14-6-4-3-5-7-14;/h3-7H,8-12,18H2,1-2H3;1H. The molecule has 0 radical (unpaired) electrons. The Morgan fingerprint density at radius 1 is 1.23 bits per heavy atom. The third kappa shape index (κ3) is 5.09. The van der Waals surface area contributed by atoms with Gasteiger partial charge < -0.3 is 5.73 Å². The molecule has 22 heavy (non-hydrogen) atoms. The molecule has 0 spiro atoms. The fraction of sp³-hybridized carbons (Fsp3) is 0.438. The summed E-state index contributed by atoms with van der Waals surface area (Å²) in [6.45, 7) is 5.44. The van der Waals surface area contributed by atoms with Crippen LogP contribution < -0.4 is 5.73 Å². The predicted molar refractivity (Wildman–Crippen MR) is 97.4 cm³/mol. The number of hydrogen-bond acceptors (Lipinski definition) is 3. The maximum Gasteiger partial charge on any atom is 0.0739 e. The first-order valence-corrected chi connectivity index (χ1v) is 8.05. The first kappa shape index (κ1) is 19.2. The summed E-state index contributed by atoms with van der Waals surface area (Å²) >= 11 is 3.64. The summed E-state index contributed by atoms with van der Waals surface area (Å²) in [5, 5.41) is 4.45. The summed E-state index contributed by atoms with van der Waals surface area (Å²) in [4.78, 5) is 2.38. The second-order valence-corrected chi connectivity index (χ2v) is 6.06. The second kappa shape index (κ2) is 9.30. The van der Waals surface area contributed by atoms with Crippen molar-refractivity contribution < 1.29 is 0 Å². The summed E-state index contributed by atoms with van der Waals surface area (Å²) in [6.07, 6.45) is 1.04. The first-order valence-electron chi connectivity index (χ1n) is 7.26. The van der Waals surface area contributed by atoms with E-state index in [9.17, 15) is 0 Å². The Morgan fingerprint density at radius 2 is 1.91 bits per heavy atom. The fourth-order valence-corrected chi connectivity index (χ4v) is 2.91. The summed E-state index contributed by atoms with van der Waals surface area (Å²) < 4.78 is 3.05. The van der Waals surface area contributed by atoms with Crippen molar-refractivity contribution in [2.24, 2.45) is 12.8 Å². The molecule has 0 amide bonds. The lowest BCUT2D eigenvalue weighted by Gasteiger charge is -2.22. The lowest BCUT2D eigenvalue weighted by molar-refractivity contribution is 0.268. The van der Waals surface area contributed by atoms with Gasteiger partial charge in [-0.2, -0.15) is 5.10 Å². The second-order valence-electron chi connectivity index (χ2n) is 5.27. The number of hydrogen-bond donors (Lipinski definition) is 1. The number of nitrogens with zero attached hydrogens (tertiary/aromatic N) is 3. The third-order valence-electron chi connectivity index (χ3n) is 3.64. The van der Waals surface area contributed by atoms with Crippen molar-refractivity contribution in [3.8, 4) is 0 Å². The number of aryl methyl sites for hydroxylation is 2. The molecular weight excluding hydrogens is 364 g/mol. The van der Waals surface area contributed by atoms with E-state index in [1.807, 2.05) is 18.7 Å². The molecule has 0 aliphatic rings. The van der Waals surface area contributed by atoms with E-state index in [0.717, 1.165) is 36.2 Å². The van der Waals surface area contributed by atoms with Crippen LogP contribution in [0.1, 0.15) is 17.0 Å². The zero-order valence-electron chi connectivity index (χ0n) is 13.1. The molecule has 0 aliphatic heterocycles. The summed E-state index contributed by atoms with van der Waals surface area (Å²) in [5.41, 5.74) is 9.35. The molecule has 1 aromatic heterocycles. The average molecular weight is 388 g/mol. The minimum absolute atomic E-state index is 0. The van der Waals surface area contributed by atoms with E-state index in [0.29, 0.717) is 6.54 Å². The summed E-state index contributed by atoms with van der Waals surface area (Å²) in [7, 11) is 1.99. The van der Waals surface area contributed by atoms with E-state index in [2.05, 4.69) is 56.3 Å². The lowest BCUT2D eigenvalue weighted by atomic mass is 10.1. The topological polar surface area (TPSA) is 47.1 Å². The van der Waals surface area contributed by atoms with Crippen LogP contribution in [0.5, 0.6) is 0 Å². The molecule has 4 nitrogen and oxygen atoms in total. The molecule has 1 aromatic carbocycles. The molecule has 6 heteroatoms. The van der Waals surface area contributed by atoms with Gasteiger partial charge in [0.2, 0.25) is 0 Å². The van der Waals surface area contributed by atoms with Crippen LogP contribution in [0.4, 0.5) is 0 Å². The van der Waals surface area contributed by atoms with E-state index >= 15 is 0 Å². The van der Waals surface area contributed by atoms with E-state index < -0.39 is 0 Å². The zero-order chi connectivity index (χ0) is 15.2. The minimum Gasteiger partial charge on any atom is -0.329 e. The van der Waals surface area contributed by atoms with Gasteiger partial charge >= 0.3 is 0 Å². The molecular formula is C16H24BrClN4. The van der Waals surface area contributed by atoms with Gasteiger partial charge in [-0.15, -0.1) is 12.4 Å². The van der Waals surface area contributed by atoms with Crippen molar-refractivity contribution in [1.29, 1.82) is 0 Å². The quantitative estimate of drug-likeness (QED) is 0.794. The van der Waals surface area contributed by atoms with Crippen molar-refractivity contribution in [3.05, 3.63) is 51.8 Å². The Bertz CT molecular complexity index is 571. The van der Waals surface area contributed by atoms with Crippen molar-refractivity contribution in [3.63, 3.8) is 0 Å². The van der Waals surface area contributed by atoms with Crippen LogP contribution in [0.25, 0.3) is 0 Å². The Balaban J connectivity index is 0.00000242. The summed E-state index contributed by atoms with van der Waals surface area (Å²) in [5.74, 6) is 0. The van der Waals surface area contributed by atoms with Crippen LogP contribution in [0.3, 0.4) is 0 Å². The number of halogens is 2. The van der Waals surface area contributed by atoms with Crippen molar-refractivity contribution in [2.75, 3.05) is 19.6 Å². The largest absolute Gasteiger partial charge is 0.329 e. The SMILES string of the molecule is Cc1nn(C)c(CN(CCN)CCc2ccccc2)c1Br.Cl.